The number of hydrogen-bond acceptors (Lipinski definition) is 1. The summed E-state index contributed by atoms with van der Waals surface area (Å²) >= 11 is 11.8. The minimum Gasteiger partial charge on any atom is -0.290 e. The van der Waals surface area contributed by atoms with Crippen LogP contribution in [0.15, 0.2) is 30.6 Å². The lowest BCUT2D eigenvalue weighted by Crippen LogP contribution is -2.30. The number of aromatic nitrogens is 2. The molecule has 0 N–H and O–H groups in total. The number of benzene rings is 1. The first-order valence-electron chi connectivity index (χ1n) is 5.48. The van der Waals surface area contributed by atoms with E-state index >= 15 is 0 Å². The molecule has 0 bridgehead atoms. The molecule has 0 spiro atoms. The standard InChI is InChI=1S/C13H13Cl2N2O/c1-9-16(2)5-6-17(9)8-13(18)11-4-3-10(14)7-12(11)15/h3-7H,8H2,1-2H3/q+1. The van der Waals surface area contributed by atoms with Crippen molar-refractivity contribution in [3.05, 3.63) is 52.0 Å². The molecular formula is C13H13Cl2N2O+. The fraction of sp³-hybridized carbons (Fsp3) is 0.231. The van der Waals surface area contributed by atoms with Crippen LogP contribution in [0.3, 0.4) is 0 Å². The predicted molar refractivity (Wildman–Crippen MR) is 71.1 cm³/mol. The highest BCUT2D eigenvalue weighted by Gasteiger charge is 2.17. The highest BCUT2D eigenvalue weighted by molar-refractivity contribution is 6.36. The van der Waals surface area contributed by atoms with Crippen molar-refractivity contribution in [2.75, 3.05) is 0 Å². The molecule has 94 valence electrons. The zero-order valence-electron chi connectivity index (χ0n) is 10.2. The summed E-state index contributed by atoms with van der Waals surface area (Å²) in [5, 5.41) is 0.918. The van der Waals surface area contributed by atoms with E-state index in [1.54, 1.807) is 18.2 Å². The average Bonchev–Trinajstić information content (AvgIpc) is 2.61. The Morgan fingerprint density at radius 2 is 2.11 bits per heavy atom. The topological polar surface area (TPSA) is 25.9 Å². The molecule has 0 aliphatic rings. The normalized spacial score (nSPS) is 10.7. The van der Waals surface area contributed by atoms with Gasteiger partial charge in [0.2, 0.25) is 5.78 Å². The van der Waals surface area contributed by atoms with E-state index in [-0.39, 0.29) is 12.3 Å². The van der Waals surface area contributed by atoms with Gasteiger partial charge in [0.15, 0.2) is 6.54 Å². The summed E-state index contributed by atoms with van der Waals surface area (Å²) in [4.78, 5) is 12.2. The van der Waals surface area contributed by atoms with Crippen molar-refractivity contribution in [2.24, 2.45) is 7.05 Å². The monoisotopic (exact) mass is 283 g/mol. The van der Waals surface area contributed by atoms with Crippen LogP contribution in [-0.2, 0) is 13.6 Å². The quantitative estimate of drug-likeness (QED) is 0.628. The summed E-state index contributed by atoms with van der Waals surface area (Å²) in [6.07, 6.45) is 3.78. The fourth-order valence-electron chi connectivity index (χ4n) is 1.72. The molecule has 1 aromatic carbocycles. The minimum atomic E-state index is -0.0315. The van der Waals surface area contributed by atoms with Gasteiger partial charge in [-0.1, -0.05) is 23.2 Å². The molecule has 2 aromatic rings. The van der Waals surface area contributed by atoms with Gasteiger partial charge < -0.3 is 0 Å². The largest absolute Gasteiger partial charge is 0.290 e. The van der Waals surface area contributed by atoms with Gasteiger partial charge in [-0.15, -0.1) is 0 Å². The van der Waals surface area contributed by atoms with E-state index in [4.69, 9.17) is 23.2 Å². The number of carbonyl (C=O) groups is 1. The maximum Gasteiger partial charge on any atom is 0.253 e. The van der Waals surface area contributed by atoms with Crippen molar-refractivity contribution in [1.29, 1.82) is 0 Å². The maximum absolute atomic E-state index is 12.2. The van der Waals surface area contributed by atoms with E-state index in [0.717, 1.165) is 5.82 Å². The number of hydrogen-bond donors (Lipinski definition) is 0. The molecule has 0 unspecified atom stereocenters. The van der Waals surface area contributed by atoms with E-state index in [0.29, 0.717) is 15.6 Å². The number of imidazole rings is 1. The second kappa shape index (κ2) is 5.12. The summed E-state index contributed by atoms with van der Waals surface area (Å²) in [5.74, 6) is 0.976. The van der Waals surface area contributed by atoms with Crippen molar-refractivity contribution in [3.63, 3.8) is 0 Å². The lowest BCUT2D eigenvalue weighted by molar-refractivity contribution is -0.677. The summed E-state index contributed by atoms with van der Waals surface area (Å²) in [6, 6.07) is 4.91. The van der Waals surface area contributed by atoms with Crippen molar-refractivity contribution in [2.45, 2.75) is 13.5 Å². The van der Waals surface area contributed by atoms with E-state index < -0.39 is 0 Å². The third kappa shape index (κ3) is 2.57. The summed E-state index contributed by atoms with van der Waals surface area (Å²) in [5.41, 5.74) is 0.497. The first-order valence-corrected chi connectivity index (χ1v) is 6.24. The smallest absolute Gasteiger partial charge is 0.253 e. The zero-order valence-corrected chi connectivity index (χ0v) is 11.7. The molecule has 0 fully saturated rings. The molecule has 18 heavy (non-hydrogen) atoms. The Labute approximate surface area is 116 Å². The van der Waals surface area contributed by atoms with Gasteiger partial charge in [-0.2, -0.15) is 0 Å². The molecule has 0 aliphatic heterocycles. The maximum atomic E-state index is 12.2. The third-order valence-corrected chi connectivity index (χ3v) is 3.49. The van der Waals surface area contributed by atoms with E-state index in [9.17, 15) is 4.79 Å². The Hall–Kier alpha value is -1.32. The first-order chi connectivity index (χ1) is 8.49. The lowest BCUT2D eigenvalue weighted by Gasteiger charge is -2.03. The van der Waals surface area contributed by atoms with Gasteiger partial charge in [0.05, 0.1) is 12.1 Å². The van der Waals surface area contributed by atoms with Crippen LogP contribution in [0.2, 0.25) is 10.0 Å². The second-order valence-electron chi connectivity index (χ2n) is 4.13. The van der Waals surface area contributed by atoms with Crippen LogP contribution in [0.25, 0.3) is 0 Å². The third-order valence-electron chi connectivity index (χ3n) is 2.94. The summed E-state index contributed by atoms with van der Waals surface area (Å²) in [7, 11) is 1.94. The van der Waals surface area contributed by atoms with Gasteiger partial charge in [-0.05, 0) is 18.2 Å². The molecule has 2 rings (SSSR count). The average molecular weight is 284 g/mol. The highest BCUT2D eigenvalue weighted by atomic mass is 35.5. The van der Waals surface area contributed by atoms with E-state index in [2.05, 4.69) is 0 Å². The SMILES string of the molecule is Cc1n(CC(=O)c2ccc(Cl)cc2Cl)cc[n+]1C. The molecule has 0 aliphatic carbocycles. The zero-order chi connectivity index (χ0) is 13.3. The van der Waals surface area contributed by atoms with Gasteiger partial charge in [-0.25, -0.2) is 9.13 Å². The Morgan fingerprint density at radius 3 is 2.67 bits per heavy atom. The summed E-state index contributed by atoms with van der Waals surface area (Å²) < 4.78 is 3.84. The molecule has 1 aromatic heterocycles. The van der Waals surface area contributed by atoms with Gasteiger partial charge in [0, 0.05) is 17.5 Å². The number of halogens is 2. The second-order valence-corrected chi connectivity index (χ2v) is 4.98. The van der Waals surface area contributed by atoms with E-state index in [1.807, 2.05) is 35.5 Å². The van der Waals surface area contributed by atoms with Crippen molar-refractivity contribution in [1.82, 2.24) is 4.57 Å². The van der Waals surface area contributed by atoms with Crippen LogP contribution >= 0.6 is 23.2 Å². The molecule has 3 nitrogen and oxygen atoms in total. The molecule has 0 amide bonds. The Morgan fingerprint density at radius 1 is 1.39 bits per heavy atom. The number of ketones is 1. The van der Waals surface area contributed by atoms with Crippen LogP contribution < -0.4 is 4.57 Å². The molecule has 0 saturated carbocycles. The number of nitrogens with zero attached hydrogens (tertiary/aromatic N) is 2. The highest BCUT2D eigenvalue weighted by Crippen LogP contribution is 2.21. The van der Waals surface area contributed by atoms with Crippen LogP contribution in [0.5, 0.6) is 0 Å². The van der Waals surface area contributed by atoms with Crippen LogP contribution in [0.4, 0.5) is 0 Å². The van der Waals surface area contributed by atoms with Crippen molar-refractivity contribution >= 4 is 29.0 Å². The summed E-state index contributed by atoms with van der Waals surface area (Å²) in [6.45, 7) is 2.23. The Kier molecular flexibility index (Phi) is 3.73. The van der Waals surface area contributed by atoms with E-state index in [1.165, 1.54) is 0 Å². The Balaban J connectivity index is 2.25. The number of rotatable bonds is 3. The molecular weight excluding hydrogens is 271 g/mol. The fourth-order valence-corrected chi connectivity index (χ4v) is 2.24. The van der Waals surface area contributed by atoms with Crippen LogP contribution in [0.1, 0.15) is 16.2 Å². The predicted octanol–water partition coefficient (Wildman–Crippen LogP) is 2.81. The number of carbonyl (C=O) groups excluding carboxylic acids is 1. The van der Waals surface area contributed by atoms with Gasteiger partial charge in [0.1, 0.15) is 12.4 Å². The molecule has 1 heterocycles. The molecule has 0 atom stereocenters. The number of Topliss-reactive ketones (excluding diaryl/α,β-unsaturated/α-hetero) is 1. The number of aryl methyl sites for hydroxylation is 1. The van der Waals surface area contributed by atoms with Crippen molar-refractivity contribution < 1.29 is 9.36 Å². The minimum absolute atomic E-state index is 0.0315. The van der Waals surface area contributed by atoms with Crippen molar-refractivity contribution in [3.8, 4) is 0 Å². The lowest BCUT2D eigenvalue weighted by atomic mass is 10.1. The molecule has 5 heteroatoms. The van der Waals surface area contributed by atoms with Gasteiger partial charge >= 0.3 is 0 Å². The van der Waals surface area contributed by atoms with Gasteiger partial charge in [-0.3, -0.25) is 4.79 Å². The first kappa shape index (κ1) is 13.1. The molecule has 0 saturated heterocycles. The van der Waals surface area contributed by atoms with Gasteiger partial charge in [0.25, 0.3) is 5.82 Å². The Bertz CT molecular complexity index is 605. The van der Waals surface area contributed by atoms with Crippen LogP contribution in [0, 0.1) is 6.92 Å². The molecule has 0 radical (unpaired) electrons. The van der Waals surface area contributed by atoms with Crippen LogP contribution in [-0.4, -0.2) is 10.4 Å².